The molecule has 0 aliphatic carbocycles. The molecule has 0 aliphatic rings. The molecule has 0 fully saturated rings. The zero-order chi connectivity index (χ0) is 20.5. The number of ether oxygens (including phenoxy) is 1. The Hall–Kier alpha value is -2.35. The molecule has 2 rings (SSSR count). The van der Waals surface area contributed by atoms with Gasteiger partial charge in [0.1, 0.15) is 5.75 Å². The zero-order valence-electron chi connectivity index (χ0n) is 15.1. The van der Waals surface area contributed by atoms with Crippen molar-refractivity contribution < 1.29 is 14.3 Å². The number of amides is 2. The molecule has 2 aromatic carbocycles. The summed E-state index contributed by atoms with van der Waals surface area (Å²) < 4.78 is 5.35. The van der Waals surface area contributed by atoms with Gasteiger partial charge in [-0.1, -0.05) is 30.1 Å². The van der Waals surface area contributed by atoms with E-state index in [1.54, 1.807) is 42.5 Å². The fourth-order valence-corrected chi connectivity index (χ4v) is 2.66. The van der Waals surface area contributed by atoms with Gasteiger partial charge in [0.15, 0.2) is 11.7 Å². The van der Waals surface area contributed by atoms with Gasteiger partial charge >= 0.3 is 0 Å². The molecule has 9 heteroatoms. The van der Waals surface area contributed by atoms with E-state index in [9.17, 15) is 9.59 Å². The van der Waals surface area contributed by atoms with Gasteiger partial charge in [-0.05, 0) is 61.1 Å². The first-order chi connectivity index (χ1) is 13.4. The van der Waals surface area contributed by atoms with Crippen LogP contribution in [0.4, 0.5) is 11.4 Å². The number of thiocarbonyl (C=S) groups is 1. The molecular weight excluding hydrogens is 421 g/mol. The van der Waals surface area contributed by atoms with E-state index in [2.05, 4.69) is 16.0 Å². The van der Waals surface area contributed by atoms with Gasteiger partial charge in [-0.2, -0.15) is 0 Å². The fourth-order valence-electron chi connectivity index (χ4n) is 2.15. The van der Waals surface area contributed by atoms with Crippen LogP contribution in [0.2, 0.25) is 10.0 Å². The lowest BCUT2D eigenvalue weighted by atomic mass is 10.2. The van der Waals surface area contributed by atoms with Gasteiger partial charge in [-0.15, -0.1) is 0 Å². The quantitative estimate of drug-likeness (QED) is 0.548. The van der Waals surface area contributed by atoms with Crippen LogP contribution in [0.3, 0.4) is 0 Å². The molecule has 0 aliphatic heterocycles. The van der Waals surface area contributed by atoms with E-state index >= 15 is 0 Å². The lowest BCUT2D eigenvalue weighted by Crippen LogP contribution is -2.37. The molecule has 3 N–H and O–H groups in total. The van der Waals surface area contributed by atoms with Gasteiger partial charge in [0, 0.05) is 17.1 Å². The topological polar surface area (TPSA) is 79.5 Å². The summed E-state index contributed by atoms with van der Waals surface area (Å²) in [6.07, 6.45) is 1.17. The maximum atomic E-state index is 12.0. The summed E-state index contributed by atoms with van der Waals surface area (Å²) in [5.41, 5.74) is 1.03. The molecule has 148 valence electrons. The Labute approximate surface area is 178 Å². The van der Waals surface area contributed by atoms with Crippen LogP contribution >= 0.6 is 35.4 Å². The number of carbonyl (C=O) groups is 2. The van der Waals surface area contributed by atoms with Crippen LogP contribution in [0.25, 0.3) is 0 Å². The molecule has 0 aromatic heterocycles. The molecule has 6 nitrogen and oxygen atoms in total. The summed E-state index contributed by atoms with van der Waals surface area (Å²) >= 11 is 17.1. The Morgan fingerprint density at radius 1 is 1.04 bits per heavy atom. The maximum absolute atomic E-state index is 12.0. The van der Waals surface area contributed by atoms with Crippen molar-refractivity contribution in [2.24, 2.45) is 0 Å². The van der Waals surface area contributed by atoms with E-state index < -0.39 is 5.91 Å². The Morgan fingerprint density at radius 2 is 1.75 bits per heavy atom. The number of rotatable bonds is 7. The average molecular weight is 440 g/mol. The van der Waals surface area contributed by atoms with Crippen LogP contribution in [0.1, 0.15) is 19.8 Å². The van der Waals surface area contributed by atoms with E-state index in [4.69, 9.17) is 40.2 Å². The average Bonchev–Trinajstić information content (AvgIpc) is 2.64. The van der Waals surface area contributed by atoms with Crippen molar-refractivity contribution in [2.45, 2.75) is 19.8 Å². The number of hydrogen-bond donors (Lipinski definition) is 3. The molecule has 0 heterocycles. The third-order valence-electron chi connectivity index (χ3n) is 3.41. The van der Waals surface area contributed by atoms with Crippen LogP contribution in [0.5, 0.6) is 5.75 Å². The molecule has 2 aromatic rings. The highest BCUT2D eigenvalue weighted by molar-refractivity contribution is 7.80. The van der Waals surface area contributed by atoms with Gasteiger partial charge in [0.2, 0.25) is 5.91 Å². The molecule has 0 bridgehead atoms. The molecule has 2 amide bonds. The van der Waals surface area contributed by atoms with Crippen molar-refractivity contribution in [3.05, 3.63) is 52.5 Å². The Kier molecular flexibility index (Phi) is 8.50. The lowest BCUT2D eigenvalue weighted by Gasteiger charge is -2.13. The second-order valence-electron chi connectivity index (χ2n) is 5.74. The molecule has 28 heavy (non-hydrogen) atoms. The minimum Gasteiger partial charge on any atom is -0.484 e. The smallest absolute Gasteiger partial charge is 0.264 e. The second-order valence-corrected chi connectivity index (χ2v) is 6.99. The number of carbonyl (C=O) groups excluding carboxylic acids is 2. The molecular formula is C19H19Cl2N3O3S. The maximum Gasteiger partial charge on any atom is 0.264 e. The van der Waals surface area contributed by atoms with Crippen LogP contribution in [-0.4, -0.2) is 23.5 Å². The minimum absolute atomic E-state index is 0.0589. The third kappa shape index (κ3) is 7.34. The van der Waals surface area contributed by atoms with E-state index in [1.165, 1.54) is 0 Å². The first kappa shape index (κ1) is 21.9. The highest BCUT2D eigenvalue weighted by Gasteiger charge is 2.10. The van der Waals surface area contributed by atoms with Crippen molar-refractivity contribution in [2.75, 3.05) is 17.2 Å². The standard InChI is InChI=1S/C19H19Cl2N3O3S/c1-2-3-17(25)22-13-6-9-15(21)16(10-13)23-19(28)24-18(26)11-27-14-7-4-12(20)5-8-14/h4-10H,2-3,11H2,1H3,(H,22,25)(H2,23,24,26,28). The molecule has 0 unspecified atom stereocenters. The normalized spacial score (nSPS) is 10.1. The van der Waals surface area contributed by atoms with Crippen molar-refractivity contribution in [1.29, 1.82) is 0 Å². The van der Waals surface area contributed by atoms with Crippen LogP contribution < -0.4 is 20.7 Å². The van der Waals surface area contributed by atoms with Gasteiger partial charge in [0.05, 0.1) is 10.7 Å². The third-order valence-corrected chi connectivity index (χ3v) is 4.20. The molecule has 0 atom stereocenters. The van der Waals surface area contributed by atoms with Gasteiger partial charge in [-0.3, -0.25) is 14.9 Å². The van der Waals surface area contributed by atoms with Crippen molar-refractivity contribution in [1.82, 2.24) is 5.32 Å². The SMILES string of the molecule is CCCC(=O)Nc1ccc(Cl)c(NC(=S)NC(=O)COc2ccc(Cl)cc2)c1. The lowest BCUT2D eigenvalue weighted by molar-refractivity contribution is -0.121. The van der Waals surface area contributed by atoms with E-state index in [-0.39, 0.29) is 17.6 Å². The first-order valence-electron chi connectivity index (χ1n) is 8.46. The van der Waals surface area contributed by atoms with Crippen molar-refractivity contribution in [3.63, 3.8) is 0 Å². The van der Waals surface area contributed by atoms with Gasteiger partial charge in [-0.25, -0.2) is 0 Å². The zero-order valence-corrected chi connectivity index (χ0v) is 17.4. The number of hydrogen-bond acceptors (Lipinski definition) is 4. The molecule has 0 saturated carbocycles. The van der Waals surface area contributed by atoms with Gasteiger partial charge < -0.3 is 15.4 Å². The highest BCUT2D eigenvalue weighted by Crippen LogP contribution is 2.25. The van der Waals surface area contributed by atoms with Crippen molar-refractivity contribution in [3.8, 4) is 5.75 Å². The van der Waals surface area contributed by atoms with E-state index in [1.807, 2.05) is 6.92 Å². The summed E-state index contributed by atoms with van der Waals surface area (Å²) in [4.78, 5) is 23.7. The summed E-state index contributed by atoms with van der Waals surface area (Å²) in [7, 11) is 0. The molecule has 0 radical (unpaired) electrons. The predicted molar refractivity (Wildman–Crippen MR) is 116 cm³/mol. The molecule has 0 spiro atoms. The van der Waals surface area contributed by atoms with Crippen LogP contribution in [0.15, 0.2) is 42.5 Å². The summed E-state index contributed by atoms with van der Waals surface area (Å²) in [5.74, 6) is -0.0148. The van der Waals surface area contributed by atoms with Crippen LogP contribution in [0, 0.1) is 0 Å². The van der Waals surface area contributed by atoms with Crippen LogP contribution in [-0.2, 0) is 9.59 Å². The summed E-state index contributed by atoms with van der Waals surface area (Å²) in [5, 5.41) is 9.13. The predicted octanol–water partition coefficient (Wildman–Crippen LogP) is 4.62. The Morgan fingerprint density at radius 3 is 2.43 bits per heavy atom. The number of benzene rings is 2. The highest BCUT2D eigenvalue weighted by atomic mass is 35.5. The monoisotopic (exact) mass is 439 g/mol. The molecule has 0 saturated heterocycles. The Balaban J connectivity index is 1.88. The van der Waals surface area contributed by atoms with Gasteiger partial charge in [0.25, 0.3) is 5.91 Å². The number of halogens is 2. The largest absolute Gasteiger partial charge is 0.484 e. The fraction of sp³-hybridized carbons (Fsp3) is 0.211. The second kappa shape index (κ2) is 10.8. The van der Waals surface area contributed by atoms with E-state index in [0.29, 0.717) is 33.6 Å². The Bertz CT molecular complexity index is 860. The minimum atomic E-state index is -0.434. The summed E-state index contributed by atoms with van der Waals surface area (Å²) in [6, 6.07) is 11.6. The van der Waals surface area contributed by atoms with Crippen molar-refractivity contribution >= 4 is 63.7 Å². The first-order valence-corrected chi connectivity index (χ1v) is 9.62. The summed E-state index contributed by atoms with van der Waals surface area (Å²) in [6.45, 7) is 1.70. The number of anilines is 2. The van der Waals surface area contributed by atoms with E-state index in [0.717, 1.165) is 6.42 Å². The number of nitrogens with one attached hydrogen (secondary N) is 3.